The third kappa shape index (κ3) is 2.10. The van der Waals surface area contributed by atoms with Crippen molar-refractivity contribution in [1.29, 1.82) is 0 Å². The van der Waals surface area contributed by atoms with E-state index >= 15 is 0 Å². The van der Waals surface area contributed by atoms with Gasteiger partial charge in [-0.2, -0.15) is 0 Å². The summed E-state index contributed by atoms with van der Waals surface area (Å²) in [6, 6.07) is 5.64. The number of nitrogens with zero attached hydrogens (tertiary/aromatic N) is 2. The number of hydrogen-bond donors (Lipinski definition) is 2. The number of anilines is 2. The van der Waals surface area contributed by atoms with Gasteiger partial charge < -0.3 is 16.0 Å². The fourth-order valence-electron chi connectivity index (χ4n) is 2.57. The van der Waals surface area contributed by atoms with Gasteiger partial charge in [0.2, 0.25) is 5.91 Å². The van der Waals surface area contributed by atoms with Crippen molar-refractivity contribution in [3.8, 4) is 0 Å². The zero-order chi connectivity index (χ0) is 14.3. The molecule has 2 aromatic rings. The Morgan fingerprint density at radius 1 is 1.50 bits per heavy atom. The van der Waals surface area contributed by atoms with Gasteiger partial charge in [0.1, 0.15) is 6.04 Å². The number of fused-ring (bicyclic) bond motifs is 1. The SMILES string of the molecule is CC1C(=O)NCCN1c1c(N)cnc2ccc(Br)cc12. The number of amides is 1. The molecule has 5 nitrogen and oxygen atoms in total. The summed E-state index contributed by atoms with van der Waals surface area (Å²) < 4.78 is 0.966. The van der Waals surface area contributed by atoms with Crippen LogP contribution >= 0.6 is 15.9 Å². The molecule has 0 aliphatic carbocycles. The van der Waals surface area contributed by atoms with E-state index in [9.17, 15) is 4.79 Å². The number of nitrogens with two attached hydrogens (primary N) is 1. The third-order valence-electron chi connectivity index (χ3n) is 3.62. The largest absolute Gasteiger partial charge is 0.396 e. The van der Waals surface area contributed by atoms with Gasteiger partial charge in [0.15, 0.2) is 0 Å². The van der Waals surface area contributed by atoms with Crippen molar-refractivity contribution >= 4 is 44.1 Å². The minimum atomic E-state index is -0.240. The lowest BCUT2D eigenvalue weighted by Gasteiger charge is -2.36. The molecule has 6 heteroatoms. The maximum Gasteiger partial charge on any atom is 0.242 e. The average molecular weight is 335 g/mol. The molecule has 1 atom stereocenters. The molecule has 1 aliphatic rings. The van der Waals surface area contributed by atoms with Crippen LogP contribution in [-0.2, 0) is 4.79 Å². The van der Waals surface area contributed by atoms with Crippen molar-refractivity contribution in [2.75, 3.05) is 23.7 Å². The number of carbonyl (C=O) groups is 1. The van der Waals surface area contributed by atoms with Gasteiger partial charge in [0.25, 0.3) is 0 Å². The second-order valence-electron chi connectivity index (χ2n) is 4.88. The number of aromatic nitrogens is 1. The summed E-state index contributed by atoms with van der Waals surface area (Å²) in [5.41, 5.74) is 8.48. The monoisotopic (exact) mass is 334 g/mol. The van der Waals surface area contributed by atoms with Crippen LogP contribution in [-0.4, -0.2) is 30.0 Å². The zero-order valence-electron chi connectivity index (χ0n) is 11.1. The number of halogens is 1. The topological polar surface area (TPSA) is 71.2 Å². The quantitative estimate of drug-likeness (QED) is 0.835. The number of rotatable bonds is 1. The van der Waals surface area contributed by atoms with E-state index in [-0.39, 0.29) is 11.9 Å². The molecule has 1 unspecified atom stereocenters. The highest BCUT2D eigenvalue weighted by atomic mass is 79.9. The van der Waals surface area contributed by atoms with Gasteiger partial charge >= 0.3 is 0 Å². The molecule has 3 N–H and O–H groups in total. The fourth-order valence-corrected chi connectivity index (χ4v) is 2.94. The molecule has 0 spiro atoms. The van der Waals surface area contributed by atoms with Gasteiger partial charge in [-0.1, -0.05) is 15.9 Å². The molecular formula is C14H15BrN4O. The average Bonchev–Trinajstić information content (AvgIpc) is 2.42. The first-order chi connectivity index (χ1) is 9.58. The van der Waals surface area contributed by atoms with Gasteiger partial charge in [-0.25, -0.2) is 0 Å². The minimum Gasteiger partial charge on any atom is -0.396 e. The highest BCUT2D eigenvalue weighted by molar-refractivity contribution is 9.10. The minimum absolute atomic E-state index is 0.0237. The van der Waals surface area contributed by atoms with E-state index in [1.54, 1.807) is 6.20 Å². The molecule has 1 aromatic heterocycles. The van der Waals surface area contributed by atoms with Crippen LogP contribution in [0.15, 0.2) is 28.9 Å². The Morgan fingerprint density at radius 2 is 2.30 bits per heavy atom. The first kappa shape index (κ1) is 13.2. The number of benzene rings is 1. The molecule has 1 saturated heterocycles. The number of piperazine rings is 1. The third-order valence-corrected chi connectivity index (χ3v) is 4.11. The number of carbonyl (C=O) groups excluding carboxylic acids is 1. The van der Waals surface area contributed by atoms with Crippen molar-refractivity contribution in [3.63, 3.8) is 0 Å². The molecule has 1 aliphatic heterocycles. The number of hydrogen-bond acceptors (Lipinski definition) is 4. The van der Waals surface area contributed by atoms with Gasteiger partial charge in [0, 0.05) is 22.9 Å². The lowest BCUT2D eigenvalue weighted by Crippen LogP contribution is -2.54. The normalized spacial score (nSPS) is 19.2. The summed E-state index contributed by atoms with van der Waals surface area (Å²) in [5.74, 6) is 0.0237. The Kier molecular flexibility index (Phi) is 3.25. The van der Waals surface area contributed by atoms with Gasteiger partial charge in [-0.3, -0.25) is 9.78 Å². The highest BCUT2D eigenvalue weighted by Gasteiger charge is 2.28. The van der Waals surface area contributed by atoms with Gasteiger partial charge in [-0.15, -0.1) is 0 Å². The van der Waals surface area contributed by atoms with Crippen molar-refractivity contribution < 1.29 is 4.79 Å². The summed E-state index contributed by atoms with van der Waals surface area (Å²) >= 11 is 3.48. The zero-order valence-corrected chi connectivity index (χ0v) is 12.6. The smallest absolute Gasteiger partial charge is 0.242 e. The molecule has 0 saturated carbocycles. The van der Waals surface area contributed by atoms with Crippen molar-refractivity contribution in [3.05, 3.63) is 28.9 Å². The summed E-state index contributed by atoms with van der Waals surface area (Å²) in [6.45, 7) is 3.25. The van der Waals surface area contributed by atoms with Crippen molar-refractivity contribution in [2.45, 2.75) is 13.0 Å². The van der Waals surface area contributed by atoms with E-state index in [1.165, 1.54) is 0 Å². The van der Waals surface area contributed by atoms with E-state index < -0.39 is 0 Å². The Morgan fingerprint density at radius 3 is 3.10 bits per heavy atom. The van der Waals surface area contributed by atoms with Crippen LogP contribution in [0, 0.1) is 0 Å². The van der Waals surface area contributed by atoms with Gasteiger partial charge in [0.05, 0.1) is 23.1 Å². The first-order valence-corrected chi connectivity index (χ1v) is 7.25. The second-order valence-corrected chi connectivity index (χ2v) is 5.80. The van der Waals surface area contributed by atoms with E-state index in [2.05, 4.69) is 26.2 Å². The van der Waals surface area contributed by atoms with E-state index in [0.717, 1.165) is 27.6 Å². The standard InChI is InChI=1S/C14H15BrN4O/c1-8-14(20)17-4-5-19(8)13-10-6-9(15)2-3-12(10)18-7-11(13)16/h2-3,6-8H,4-5,16H2,1H3,(H,17,20). The Balaban J connectivity index is 2.21. The molecule has 20 heavy (non-hydrogen) atoms. The Labute approximate surface area is 125 Å². The second kappa shape index (κ2) is 4.94. The maximum atomic E-state index is 11.9. The molecular weight excluding hydrogens is 320 g/mol. The Bertz CT molecular complexity index is 683. The van der Waals surface area contributed by atoms with Crippen LogP contribution in [0.2, 0.25) is 0 Å². The first-order valence-electron chi connectivity index (χ1n) is 6.46. The van der Waals surface area contributed by atoms with Gasteiger partial charge in [-0.05, 0) is 25.1 Å². The Hall–Kier alpha value is -1.82. The number of nitrogen functional groups attached to an aromatic ring is 1. The van der Waals surface area contributed by atoms with Crippen LogP contribution in [0.1, 0.15) is 6.92 Å². The number of nitrogens with one attached hydrogen (secondary N) is 1. The summed E-state index contributed by atoms with van der Waals surface area (Å²) in [7, 11) is 0. The molecule has 104 valence electrons. The fraction of sp³-hybridized carbons (Fsp3) is 0.286. The number of pyridine rings is 1. The predicted molar refractivity (Wildman–Crippen MR) is 83.7 cm³/mol. The van der Waals surface area contributed by atoms with E-state index in [1.807, 2.05) is 30.0 Å². The van der Waals surface area contributed by atoms with E-state index in [4.69, 9.17) is 5.73 Å². The molecule has 2 heterocycles. The lowest BCUT2D eigenvalue weighted by molar-refractivity contribution is -0.122. The van der Waals surface area contributed by atoms with Crippen LogP contribution in [0.5, 0.6) is 0 Å². The summed E-state index contributed by atoms with van der Waals surface area (Å²) in [5, 5.41) is 3.82. The molecule has 3 rings (SSSR count). The van der Waals surface area contributed by atoms with Crippen molar-refractivity contribution in [1.82, 2.24) is 10.3 Å². The molecule has 0 radical (unpaired) electrons. The lowest BCUT2D eigenvalue weighted by atomic mass is 10.1. The summed E-state index contributed by atoms with van der Waals surface area (Å²) in [4.78, 5) is 18.3. The molecule has 1 aromatic carbocycles. The van der Waals surface area contributed by atoms with Crippen molar-refractivity contribution in [2.24, 2.45) is 0 Å². The van der Waals surface area contributed by atoms with E-state index in [0.29, 0.717) is 12.2 Å². The van der Waals surface area contributed by atoms with Crippen LogP contribution in [0.4, 0.5) is 11.4 Å². The molecule has 1 amide bonds. The van der Waals surface area contributed by atoms with Crippen LogP contribution in [0.3, 0.4) is 0 Å². The summed E-state index contributed by atoms with van der Waals surface area (Å²) in [6.07, 6.45) is 1.66. The maximum absolute atomic E-state index is 11.9. The predicted octanol–water partition coefficient (Wildman–Crippen LogP) is 1.90. The van der Waals surface area contributed by atoms with Crippen LogP contribution < -0.4 is 16.0 Å². The highest BCUT2D eigenvalue weighted by Crippen LogP contribution is 2.34. The van der Waals surface area contributed by atoms with Crippen LogP contribution in [0.25, 0.3) is 10.9 Å². The molecule has 0 bridgehead atoms. The molecule has 1 fully saturated rings.